The Balaban J connectivity index is 2.10. The molecular formula is C21H25ClN2O3. The predicted octanol–water partition coefficient (Wildman–Crippen LogP) is 4.82. The molecule has 0 saturated carbocycles. The van der Waals surface area contributed by atoms with Crippen LogP contribution in [0.1, 0.15) is 32.8 Å². The zero-order chi connectivity index (χ0) is 20.0. The molecule has 2 rings (SSSR count). The Bertz CT molecular complexity index is 821. The molecule has 0 heterocycles. The molecule has 0 radical (unpaired) electrons. The van der Waals surface area contributed by atoms with Crippen molar-refractivity contribution in [3.8, 4) is 5.75 Å². The van der Waals surface area contributed by atoms with Crippen molar-refractivity contribution in [1.29, 1.82) is 0 Å². The van der Waals surface area contributed by atoms with Crippen LogP contribution < -0.4 is 15.0 Å². The van der Waals surface area contributed by atoms with E-state index in [2.05, 4.69) is 5.32 Å². The van der Waals surface area contributed by atoms with Crippen LogP contribution in [0, 0.1) is 6.92 Å². The van der Waals surface area contributed by atoms with Gasteiger partial charge in [0.2, 0.25) is 11.8 Å². The number of halogens is 1. The second-order valence-corrected chi connectivity index (χ2v) is 6.92. The number of nitrogens with one attached hydrogen (secondary N) is 1. The number of carbonyl (C=O) groups excluding carboxylic acids is 2. The van der Waals surface area contributed by atoms with Crippen molar-refractivity contribution in [2.24, 2.45) is 0 Å². The first kappa shape index (κ1) is 20.8. The molecule has 6 heteroatoms. The molecule has 0 aliphatic rings. The van der Waals surface area contributed by atoms with Crippen LogP contribution in [0.15, 0.2) is 42.5 Å². The van der Waals surface area contributed by atoms with E-state index in [0.717, 1.165) is 5.56 Å². The van der Waals surface area contributed by atoms with Gasteiger partial charge in [-0.3, -0.25) is 9.59 Å². The lowest BCUT2D eigenvalue weighted by Gasteiger charge is -2.24. The van der Waals surface area contributed by atoms with Gasteiger partial charge in [0.25, 0.3) is 0 Å². The van der Waals surface area contributed by atoms with Crippen LogP contribution in [0.2, 0.25) is 5.02 Å². The fraction of sp³-hybridized carbons (Fsp3) is 0.333. The van der Waals surface area contributed by atoms with Crippen LogP contribution in [0.3, 0.4) is 0 Å². The molecule has 1 N–H and O–H groups in total. The predicted molar refractivity (Wildman–Crippen MR) is 110 cm³/mol. The summed E-state index contributed by atoms with van der Waals surface area (Å²) in [6.07, 6.45) is 0.135. The van der Waals surface area contributed by atoms with Crippen LogP contribution in [-0.4, -0.2) is 24.5 Å². The summed E-state index contributed by atoms with van der Waals surface area (Å²) in [4.78, 5) is 26.1. The van der Waals surface area contributed by atoms with E-state index >= 15 is 0 Å². The summed E-state index contributed by atoms with van der Waals surface area (Å²) in [5.74, 6) is 0.282. The van der Waals surface area contributed by atoms with Gasteiger partial charge in [0.1, 0.15) is 5.75 Å². The molecule has 0 unspecified atom stereocenters. The van der Waals surface area contributed by atoms with Crippen LogP contribution >= 0.6 is 11.6 Å². The summed E-state index contributed by atoms with van der Waals surface area (Å²) in [5.41, 5.74) is 2.14. The number of rotatable bonds is 7. The highest BCUT2D eigenvalue weighted by Crippen LogP contribution is 2.29. The van der Waals surface area contributed by atoms with Crippen molar-refractivity contribution in [2.45, 2.75) is 40.2 Å². The Morgan fingerprint density at radius 2 is 1.85 bits per heavy atom. The lowest BCUT2D eigenvalue weighted by Crippen LogP contribution is -2.32. The molecule has 0 bridgehead atoms. The summed E-state index contributed by atoms with van der Waals surface area (Å²) in [6, 6.07) is 12.7. The highest BCUT2D eigenvalue weighted by Gasteiger charge is 2.18. The maximum absolute atomic E-state index is 12.4. The van der Waals surface area contributed by atoms with Crippen molar-refractivity contribution in [1.82, 2.24) is 0 Å². The average Bonchev–Trinajstić information content (AvgIpc) is 2.60. The Kier molecular flexibility index (Phi) is 7.25. The molecule has 0 aromatic heterocycles. The van der Waals surface area contributed by atoms with E-state index in [-0.39, 0.29) is 30.9 Å². The molecular weight excluding hydrogens is 364 g/mol. The minimum atomic E-state index is -0.186. The van der Waals surface area contributed by atoms with Gasteiger partial charge < -0.3 is 15.0 Å². The molecule has 0 aliphatic heterocycles. The van der Waals surface area contributed by atoms with Gasteiger partial charge in [-0.1, -0.05) is 29.8 Å². The molecule has 2 amide bonds. The number of para-hydroxylation sites is 2. The highest BCUT2D eigenvalue weighted by molar-refractivity contribution is 6.31. The van der Waals surface area contributed by atoms with Crippen molar-refractivity contribution >= 4 is 34.8 Å². The van der Waals surface area contributed by atoms with E-state index < -0.39 is 0 Å². The lowest BCUT2D eigenvalue weighted by atomic mass is 10.2. The topological polar surface area (TPSA) is 58.6 Å². The third-order valence-corrected chi connectivity index (χ3v) is 4.41. The Hall–Kier alpha value is -2.53. The van der Waals surface area contributed by atoms with Crippen molar-refractivity contribution in [3.05, 3.63) is 53.1 Å². The first-order valence-corrected chi connectivity index (χ1v) is 9.26. The summed E-state index contributed by atoms with van der Waals surface area (Å²) < 4.78 is 5.80. The summed E-state index contributed by atoms with van der Waals surface area (Å²) in [6.45, 7) is 7.43. The Morgan fingerprint density at radius 1 is 1.15 bits per heavy atom. The number of amides is 2. The number of benzene rings is 2. The molecule has 27 heavy (non-hydrogen) atoms. The number of hydrogen-bond donors (Lipinski definition) is 1. The van der Waals surface area contributed by atoms with Gasteiger partial charge >= 0.3 is 0 Å². The van der Waals surface area contributed by atoms with Crippen LogP contribution in [0.5, 0.6) is 5.75 Å². The second kappa shape index (κ2) is 9.42. The number of anilines is 2. The smallest absolute Gasteiger partial charge is 0.226 e. The Labute approximate surface area is 165 Å². The van der Waals surface area contributed by atoms with Crippen LogP contribution in [0.25, 0.3) is 0 Å². The SMILES string of the molecule is CC(=O)N(CCC(=O)Nc1cccc(Cl)c1C)c1ccccc1OC(C)C. The van der Waals surface area contributed by atoms with Gasteiger partial charge in [-0.05, 0) is 50.6 Å². The zero-order valence-electron chi connectivity index (χ0n) is 16.1. The fourth-order valence-electron chi connectivity index (χ4n) is 2.65. The number of hydrogen-bond acceptors (Lipinski definition) is 3. The normalized spacial score (nSPS) is 10.6. The zero-order valence-corrected chi connectivity index (χ0v) is 16.8. The third kappa shape index (κ3) is 5.73. The molecule has 0 fully saturated rings. The van der Waals surface area contributed by atoms with Gasteiger partial charge in [-0.2, -0.15) is 0 Å². The van der Waals surface area contributed by atoms with Crippen molar-refractivity contribution in [2.75, 3.05) is 16.8 Å². The quantitative estimate of drug-likeness (QED) is 0.739. The minimum Gasteiger partial charge on any atom is -0.489 e. The van der Waals surface area contributed by atoms with Gasteiger partial charge in [0, 0.05) is 30.6 Å². The van der Waals surface area contributed by atoms with Crippen molar-refractivity contribution < 1.29 is 14.3 Å². The van der Waals surface area contributed by atoms with E-state index in [1.165, 1.54) is 6.92 Å². The highest BCUT2D eigenvalue weighted by atomic mass is 35.5. The van der Waals surface area contributed by atoms with E-state index in [1.807, 2.05) is 45.0 Å². The average molecular weight is 389 g/mol. The van der Waals surface area contributed by atoms with Crippen LogP contribution in [0.4, 0.5) is 11.4 Å². The van der Waals surface area contributed by atoms with E-state index in [0.29, 0.717) is 22.1 Å². The maximum atomic E-state index is 12.4. The molecule has 2 aromatic carbocycles. The van der Waals surface area contributed by atoms with E-state index in [1.54, 1.807) is 23.1 Å². The summed E-state index contributed by atoms with van der Waals surface area (Å²) >= 11 is 6.09. The lowest BCUT2D eigenvalue weighted by molar-refractivity contribution is -0.117. The fourth-order valence-corrected chi connectivity index (χ4v) is 2.82. The van der Waals surface area contributed by atoms with E-state index in [4.69, 9.17) is 16.3 Å². The standard InChI is InChI=1S/C21H25ClN2O3/c1-14(2)27-20-11-6-5-10-19(20)24(16(4)25)13-12-21(26)23-18-9-7-8-17(22)15(18)3/h5-11,14H,12-13H2,1-4H3,(H,23,26). The first-order chi connectivity index (χ1) is 12.8. The van der Waals surface area contributed by atoms with Crippen LogP contribution in [-0.2, 0) is 9.59 Å². The number of ether oxygens (including phenoxy) is 1. The summed E-state index contributed by atoms with van der Waals surface area (Å²) in [5, 5.41) is 3.45. The maximum Gasteiger partial charge on any atom is 0.226 e. The molecule has 0 spiro atoms. The van der Waals surface area contributed by atoms with Crippen molar-refractivity contribution in [3.63, 3.8) is 0 Å². The second-order valence-electron chi connectivity index (χ2n) is 6.52. The number of nitrogens with zero attached hydrogens (tertiary/aromatic N) is 1. The molecule has 0 aliphatic carbocycles. The van der Waals surface area contributed by atoms with Gasteiger partial charge in [-0.15, -0.1) is 0 Å². The Morgan fingerprint density at radius 3 is 2.52 bits per heavy atom. The molecule has 144 valence electrons. The third-order valence-electron chi connectivity index (χ3n) is 4.00. The van der Waals surface area contributed by atoms with Gasteiger partial charge in [0.15, 0.2) is 0 Å². The minimum absolute atomic E-state index is 0.0194. The first-order valence-electron chi connectivity index (χ1n) is 8.88. The number of carbonyl (C=O) groups is 2. The molecule has 0 saturated heterocycles. The van der Waals surface area contributed by atoms with Gasteiger partial charge in [-0.25, -0.2) is 0 Å². The summed E-state index contributed by atoms with van der Waals surface area (Å²) in [7, 11) is 0. The van der Waals surface area contributed by atoms with E-state index in [9.17, 15) is 9.59 Å². The molecule has 0 atom stereocenters. The monoisotopic (exact) mass is 388 g/mol. The largest absolute Gasteiger partial charge is 0.489 e. The van der Waals surface area contributed by atoms with Gasteiger partial charge in [0.05, 0.1) is 11.8 Å². The molecule has 5 nitrogen and oxygen atoms in total. The molecule has 2 aromatic rings.